The van der Waals surface area contributed by atoms with Crippen molar-refractivity contribution in [2.24, 2.45) is 11.7 Å². The number of β-amino-alcohol motifs (C(OH)–C–C–N with tert-alkyl or cyclic N) is 1. The normalized spacial score (nSPS) is 17.7. The molecule has 1 aromatic rings. The maximum Gasteiger partial charge on any atom is 0.217 e. The molecule has 0 radical (unpaired) electrons. The Morgan fingerprint density at radius 2 is 1.91 bits per heavy atom. The predicted octanol–water partition coefficient (Wildman–Crippen LogP) is 1.02. The zero-order valence-electron chi connectivity index (χ0n) is 13.6. The number of hydrogen-bond acceptors (Lipinski definition) is 5. The van der Waals surface area contributed by atoms with Gasteiger partial charge in [0.1, 0.15) is 24.2 Å². The number of aliphatic hydroxyl groups is 1. The third kappa shape index (κ3) is 6.08. The zero-order valence-corrected chi connectivity index (χ0v) is 13.6. The van der Waals surface area contributed by atoms with Crippen LogP contribution in [0, 0.1) is 5.92 Å². The Hall–Kier alpha value is -1.79. The van der Waals surface area contributed by atoms with E-state index in [9.17, 15) is 9.90 Å². The molecule has 0 spiro atoms. The summed E-state index contributed by atoms with van der Waals surface area (Å²) < 4.78 is 10.7. The van der Waals surface area contributed by atoms with Crippen molar-refractivity contribution >= 4 is 5.91 Å². The van der Waals surface area contributed by atoms with Crippen LogP contribution in [0.5, 0.6) is 11.5 Å². The first-order chi connectivity index (χ1) is 11.1. The number of benzene rings is 1. The van der Waals surface area contributed by atoms with Crippen LogP contribution in [0.25, 0.3) is 0 Å². The van der Waals surface area contributed by atoms with Crippen molar-refractivity contribution in [1.29, 1.82) is 0 Å². The number of primary amides is 1. The molecule has 1 aliphatic heterocycles. The molecule has 0 saturated carbocycles. The Balaban J connectivity index is 1.66. The van der Waals surface area contributed by atoms with Crippen LogP contribution in [0.15, 0.2) is 24.3 Å². The highest BCUT2D eigenvalue weighted by atomic mass is 16.5. The van der Waals surface area contributed by atoms with Gasteiger partial charge in [-0.1, -0.05) is 0 Å². The first kappa shape index (κ1) is 17.6. The van der Waals surface area contributed by atoms with Crippen LogP contribution < -0.4 is 15.2 Å². The minimum atomic E-state index is -0.537. The smallest absolute Gasteiger partial charge is 0.217 e. The zero-order chi connectivity index (χ0) is 16.7. The molecule has 6 heteroatoms. The lowest BCUT2D eigenvalue weighted by molar-refractivity contribution is -0.119. The summed E-state index contributed by atoms with van der Waals surface area (Å²) in [6, 6.07) is 7.29. The fourth-order valence-electron chi connectivity index (χ4n) is 2.87. The summed E-state index contributed by atoms with van der Waals surface area (Å²) >= 11 is 0. The van der Waals surface area contributed by atoms with Gasteiger partial charge in [-0.2, -0.15) is 0 Å². The van der Waals surface area contributed by atoms with E-state index < -0.39 is 6.10 Å². The SMILES string of the molecule is COc1ccc(OC[C@H](O)CN2CCC(CC(N)=O)CC2)cc1. The topological polar surface area (TPSA) is 85.0 Å². The number of amides is 1. The lowest BCUT2D eigenvalue weighted by atomic mass is 9.93. The van der Waals surface area contributed by atoms with E-state index in [0.29, 0.717) is 24.6 Å². The molecule has 128 valence electrons. The summed E-state index contributed by atoms with van der Waals surface area (Å²) in [6.07, 6.45) is 1.84. The lowest BCUT2D eigenvalue weighted by Gasteiger charge is -2.32. The number of aliphatic hydroxyl groups excluding tert-OH is 1. The van der Waals surface area contributed by atoms with E-state index in [1.54, 1.807) is 7.11 Å². The molecule has 1 aromatic carbocycles. The molecule has 0 aromatic heterocycles. The third-order valence-corrected chi connectivity index (χ3v) is 4.17. The Labute approximate surface area is 137 Å². The molecule has 6 nitrogen and oxygen atoms in total. The van der Waals surface area contributed by atoms with Gasteiger partial charge in [-0.25, -0.2) is 0 Å². The van der Waals surface area contributed by atoms with Crippen LogP contribution in [0.4, 0.5) is 0 Å². The number of carbonyl (C=O) groups is 1. The summed E-state index contributed by atoms with van der Waals surface area (Å²) in [5.41, 5.74) is 5.23. The van der Waals surface area contributed by atoms with Crippen LogP contribution in [0.3, 0.4) is 0 Å². The number of nitrogens with zero attached hydrogens (tertiary/aromatic N) is 1. The van der Waals surface area contributed by atoms with Crippen molar-refractivity contribution in [3.8, 4) is 11.5 Å². The summed E-state index contributed by atoms with van der Waals surface area (Å²) in [5.74, 6) is 1.65. The summed E-state index contributed by atoms with van der Waals surface area (Å²) in [5, 5.41) is 10.1. The highest BCUT2D eigenvalue weighted by Gasteiger charge is 2.22. The molecule has 3 N–H and O–H groups in total. The van der Waals surface area contributed by atoms with Crippen molar-refractivity contribution in [3.05, 3.63) is 24.3 Å². The van der Waals surface area contributed by atoms with Crippen molar-refractivity contribution in [2.45, 2.75) is 25.4 Å². The fourth-order valence-corrected chi connectivity index (χ4v) is 2.87. The second kappa shape index (κ2) is 8.74. The summed E-state index contributed by atoms with van der Waals surface area (Å²) in [4.78, 5) is 13.1. The Bertz CT molecular complexity index is 484. The van der Waals surface area contributed by atoms with Crippen LogP contribution in [-0.4, -0.2) is 55.4 Å². The average molecular weight is 322 g/mol. The Morgan fingerprint density at radius 1 is 1.30 bits per heavy atom. The number of carbonyl (C=O) groups excluding carboxylic acids is 1. The van der Waals surface area contributed by atoms with Crippen LogP contribution in [0.2, 0.25) is 0 Å². The monoisotopic (exact) mass is 322 g/mol. The van der Waals surface area contributed by atoms with Gasteiger partial charge < -0.3 is 25.2 Å². The molecule has 1 aliphatic rings. The lowest BCUT2D eigenvalue weighted by Crippen LogP contribution is -2.41. The van der Waals surface area contributed by atoms with Gasteiger partial charge in [0.15, 0.2) is 0 Å². The van der Waals surface area contributed by atoms with E-state index >= 15 is 0 Å². The molecule has 0 unspecified atom stereocenters. The summed E-state index contributed by atoms with van der Waals surface area (Å²) in [7, 11) is 1.62. The van der Waals surface area contributed by atoms with Crippen LogP contribution in [0.1, 0.15) is 19.3 Å². The van der Waals surface area contributed by atoms with Gasteiger partial charge in [-0.3, -0.25) is 4.79 Å². The number of rotatable bonds is 8. The average Bonchev–Trinajstić information content (AvgIpc) is 2.55. The van der Waals surface area contributed by atoms with Gasteiger partial charge in [0.25, 0.3) is 0 Å². The minimum absolute atomic E-state index is 0.226. The minimum Gasteiger partial charge on any atom is -0.497 e. The van der Waals surface area contributed by atoms with Gasteiger partial charge >= 0.3 is 0 Å². The van der Waals surface area contributed by atoms with Crippen LogP contribution in [-0.2, 0) is 4.79 Å². The van der Waals surface area contributed by atoms with E-state index in [1.165, 1.54) is 0 Å². The Kier molecular flexibility index (Phi) is 6.67. The molecule has 23 heavy (non-hydrogen) atoms. The Morgan fingerprint density at radius 3 is 2.48 bits per heavy atom. The first-order valence-corrected chi connectivity index (χ1v) is 8.02. The highest BCUT2D eigenvalue weighted by molar-refractivity contribution is 5.73. The van der Waals surface area contributed by atoms with Crippen molar-refractivity contribution in [3.63, 3.8) is 0 Å². The number of nitrogens with two attached hydrogens (primary N) is 1. The summed E-state index contributed by atoms with van der Waals surface area (Å²) in [6.45, 7) is 2.61. The van der Waals surface area contributed by atoms with Gasteiger partial charge in [-0.05, 0) is 56.1 Å². The van der Waals surface area contributed by atoms with Gasteiger partial charge in [0, 0.05) is 13.0 Å². The number of methoxy groups -OCH3 is 1. The van der Waals surface area contributed by atoms with Gasteiger partial charge in [0.2, 0.25) is 5.91 Å². The molecule has 1 amide bonds. The largest absolute Gasteiger partial charge is 0.497 e. The second-order valence-corrected chi connectivity index (χ2v) is 6.05. The molecular formula is C17H26N2O4. The standard InChI is InChI=1S/C17H26N2O4/c1-22-15-2-4-16(5-3-15)23-12-14(20)11-19-8-6-13(7-9-19)10-17(18)21/h2-5,13-14,20H,6-12H2,1H3,(H2,18,21)/t14-/m1/s1. The van der Waals surface area contributed by atoms with Crippen molar-refractivity contribution < 1.29 is 19.4 Å². The second-order valence-electron chi connectivity index (χ2n) is 6.05. The molecule has 1 heterocycles. The maximum absolute atomic E-state index is 10.9. The van der Waals surface area contributed by atoms with E-state index in [1.807, 2.05) is 24.3 Å². The van der Waals surface area contributed by atoms with Crippen molar-refractivity contribution in [2.75, 3.05) is 33.4 Å². The molecule has 2 rings (SSSR count). The van der Waals surface area contributed by atoms with Crippen molar-refractivity contribution in [1.82, 2.24) is 4.90 Å². The molecule has 1 fully saturated rings. The third-order valence-electron chi connectivity index (χ3n) is 4.17. The van der Waals surface area contributed by atoms with E-state index in [-0.39, 0.29) is 12.5 Å². The maximum atomic E-state index is 10.9. The number of piperidine rings is 1. The number of hydrogen-bond donors (Lipinski definition) is 2. The van der Waals surface area contributed by atoms with Gasteiger partial charge in [-0.15, -0.1) is 0 Å². The van der Waals surface area contributed by atoms with Gasteiger partial charge in [0.05, 0.1) is 7.11 Å². The number of likely N-dealkylation sites (tertiary alicyclic amines) is 1. The van der Waals surface area contributed by atoms with E-state index in [2.05, 4.69) is 4.90 Å². The fraction of sp³-hybridized carbons (Fsp3) is 0.588. The van der Waals surface area contributed by atoms with Crippen LogP contribution >= 0.6 is 0 Å². The molecule has 0 aliphatic carbocycles. The molecule has 0 bridgehead atoms. The molecule has 1 saturated heterocycles. The van der Waals surface area contributed by atoms with E-state index in [4.69, 9.17) is 15.2 Å². The van der Waals surface area contributed by atoms with E-state index in [0.717, 1.165) is 31.7 Å². The highest BCUT2D eigenvalue weighted by Crippen LogP contribution is 2.20. The molecule has 1 atom stereocenters. The number of ether oxygens (including phenoxy) is 2. The first-order valence-electron chi connectivity index (χ1n) is 8.02. The molecular weight excluding hydrogens is 296 g/mol. The quantitative estimate of drug-likeness (QED) is 0.746. The predicted molar refractivity (Wildman–Crippen MR) is 87.5 cm³/mol.